The average Bonchev–Trinajstić information content (AvgIpc) is 3.57. The Labute approximate surface area is 246 Å². The van der Waals surface area contributed by atoms with Gasteiger partial charge in [-0.1, -0.05) is 103 Å². The molecule has 0 bridgehead atoms. The molecule has 0 radical (unpaired) electrons. The molecule has 0 fully saturated rings. The standard InChI is InChI=1S/C38H21FN4/c39-36-29(22-40)37(42-31-18-8-4-14-25(31)26-15-5-9-19-32(26)42)35(24-12-2-1-3-13-24)38(30(36)23-41)43-33-20-10-6-16-27(33)28-17-7-11-21-34(28)43/h1-21H. The lowest BCUT2D eigenvalue weighted by atomic mass is 9.93. The lowest BCUT2D eigenvalue weighted by molar-refractivity contribution is 0.618. The number of hydrogen-bond donors (Lipinski definition) is 0. The zero-order valence-corrected chi connectivity index (χ0v) is 22.8. The molecule has 0 amide bonds. The molecule has 0 saturated carbocycles. The smallest absolute Gasteiger partial charge is 0.163 e. The molecule has 2 heterocycles. The Balaban J connectivity index is 1.69. The minimum absolute atomic E-state index is 0.175. The Hall–Kier alpha value is -6.17. The van der Waals surface area contributed by atoms with Crippen LogP contribution in [-0.2, 0) is 0 Å². The van der Waals surface area contributed by atoms with Gasteiger partial charge in [0.05, 0.1) is 33.4 Å². The van der Waals surface area contributed by atoms with Gasteiger partial charge in [0.2, 0.25) is 0 Å². The topological polar surface area (TPSA) is 57.4 Å². The second-order valence-electron chi connectivity index (χ2n) is 10.5. The highest BCUT2D eigenvalue weighted by Crippen LogP contribution is 2.45. The minimum atomic E-state index is -0.835. The number of nitrogens with zero attached hydrogens (tertiary/aromatic N) is 4. The van der Waals surface area contributed by atoms with Crippen LogP contribution in [0.5, 0.6) is 0 Å². The van der Waals surface area contributed by atoms with E-state index in [1.807, 2.05) is 137 Å². The molecule has 43 heavy (non-hydrogen) atoms. The van der Waals surface area contributed by atoms with Crippen LogP contribution in [0, 0.1) is 28.5 Å². The van der Waals surface area contributed by atoms with Crippen LogP contribution in [0.1, 0.15) is 11.1 Å². The summed E-state index contributed by atoms with van der Waals surface area (Å²) in [5, 5.41) is 25.1. The molecule has 0 unspecified atom stereocenters. The van der Waals surface area contributed by atoms with Crippen LogP contribution in [0.15, 0.2) is 127 Å². The first-order chi connectivity index (χ1) is 21.2. The van der Waals surface area contributed by atoms with Crippen LogP contribution in [0.3, 0.4) is 0 Å². The van der Waals surface area contributed by atoms with E-state index < -0.39 is 5.82 Å². The predicted molar refractivity (Wildman–Crippen MR) is 170 cm³/mol. The van der Waals surface area contributed by atoms with Crippen molar-refractivity contribution in [3.63, 3.8) is 0 Å². The highest BCUT2D eigenvalue weighted by molar-refractivity contribution is 6.12. The summed E-state index contributed by atoms with van der Waals surface area (Å²) < 4.78 is 20.8. The summed E-state index contributed by atoms with van der Waals surface area (Å²) in [4.78, 5) is 0. The van der Waals surface area contributed by atoms with Crippen LogP contribution in [-0.4, -0.2) is 9.13 Å². The molecule has 200 valence electrons. The van der Waals surface area contributed by atoms with Gasteiger partial charge >= 0.3 is 0 Å². The summed E-state index contributed by atoms with van der Waals surface area (Å²) in [5.41, 5.74) is 5.20. The predicted octanol–water partition coefficient (Wildman–Crippen LogP) is 9.43. The molecule has 8 rings (SSSR count). The van der Waals surface area contributed by atoms with Crippen LogP contribution >= 0.6 is 0 Å². The number of benzene rings is 6. The zero-order valence-electron chi connectivity index (χ0n) is 22.8. The van der Waals surface area contributed by atoms with Crippen molar-refractivity contribution in [2.24, 2.45) is 0 Å². The maximum atomic E-state index is 16.8. The molecule has 0 aliphatic rings. The van der Waals surface area contributed by atoms with Gasteiger partial charge in [0, 0.05) is 27.1 Å². The van der Waals surface area contributed by atoms with Crippen LogP contribution in [0.2, 0.25) is 0 Å². The monoisotopic (exact) mass is 552 g/mol. The second kappa shape index (κ2) is 9.45. The Morgan fingerprint density at radius 1 is 0.442 bits per heavy atom. The van der Waals surface area contributed by atoms with Gasteiger partial charge in [-0.05, 0) is 29.8 Å². The maximum Gasteiger partial charge on any atom is 0.163 e. The van der Waals surface area contributed by atoms with Crippen LogP contribution < -0.4 is 0 Å². The molecule has 0 aliphatic carbocycles. The van der Waals surface area contributed by atoms with E-state index in [0.717, 1.165) is 49.2 Å². The van der Waals surface area contributed by atoms with E-state index in [-0.39, 0.29) is 11.1 Å². The number of rotatable bonds is 3. The van der Waals surface area contributed by atoms with E-state index in [9.17, 15) is 10.5 Å². The summed E-state index contributed by atoms with van der Waals surface area (Å²) in [7, 11) is 0. The minimum Gasteiger partial charge on any atom is -0.307 e. The van der Waals surface area contributed by atoms with Crippen LogP contribution in [0.25, 0.3) is 66.1 Å². The summed E-state index contributed by atoms with van der Waals surface area (Å²) in [6.07, 6.45) is 0. The number of hydrogen-bond acceptors (Lipinski definition) is 2. The van der Waals surface area contributed by atoms with Gasteiger partial charge in [0.25, 0.3) is 0 Å². The maximum absolute atomic E-state index is 16.8. The van der Waals surface area contributed by atoms with Gasteiger partial charge in [0.15, 0.2) is 5.82 Å². The van der Waals surface area contributed by atoms with Crippen molar-refractivity contribution in [3.8, 4) is 34.6 Å². The largest absolute Gasteiger partial charge is 0.307 e. The Morgan fingerprint density at radius 3 is 1.12 bits per heavy atom. The number of para-hydroxylation sites is 4. The van der Waals surface area contributed by atoms with Crippen molar-refractivity contribution < 1.29 is 4.39 Å². The molecule has 0 atom stereocenters. The van der Waals surface area contributed by atoms with Gasteiger partial charge in [-0.25, -0.2) is 4.39 Å². The average molecular weight is 553 g/mol. The van der Waals surface area contributed by atoms with Crippen molar-refractivity contribution in [2.75, 3.05) is 0 Å². The van der Waals surface area contributed by atoms with E-state index >= 15 is 4.39 Å². The van der Waals surface area contributed by atoms with Gasteiger partial charge in [-0.2, -0.15) is 10.5 Å². The molecule has 0 aliphatic heterocycles. The number of aromatic nitrogens is 2. The van der Waals surface area contributed by atoms with Crippen LogP contribution in [0.4, 0.5) is 4.39 Å². The fraction of sp³-hybridized carbons (Fsp3) is 0. The third kappa shape index (κ3) is 3.40. The Bertz CT molecular complexity index is 2230. The van der Waals surface area contributed by atoms with E-state index in [2.05, 4.69) is 12.1 Å². The summed E-state index contributed by atoms with van der Waals surface area (Å²) in [6.45, 7) is 0. The molecule has 0 N–H and O–H groups in total. The molecule has 0 saturated heterocycles. The normalized spacial score (nSPS) is 11.3. The summed E-state index contributed by atoms with van der Waals surface area (Å²) in [6, 6.07) is 45.8. The van der Waals surface area contributed by atoms with E-state index in [1.165, 1.54) is 0 Å². The van der Waals surface area contributed by atoms with E-state index in [1.54, 1.807) is 0 Å². The first-order valence-electron chi connectivity index (χ1n) is 13.9. The fourth-order valence-electron chi connectivity index (χ4n) is 6.55. The molecule has 4 nitrogen and oxygen atoms in total. The lowest BCUT2D eigenvalue weighted by Gasteiger charge is -2.23. The molecule has 0 spiro atoms. The summed E-state index contributed by atoms with van der Waals surface area (Å²) >= 11 is 0. The first-order valence-corrected chi connectivity index (χ1v) is 13.9. The third-order valence-corrected chi connectivity index (χ3v) is 8.28. The molecular formula is C38H21FN4. The third-order valence-electron chi connectivity index (χ3n) is 8.28. The fourth-order valence-corrected chi connectivity index (χ4v) is 6.55. The Morgan fingerprint density at radius 2 is 0.767 bits per heavy atom. The highest BCUT2D eigenvalue weighted by Gasteiger charge is 2.30. The van der Waals surface area contributed by atoms with Gasteiger partial charge in [-0.15, -0.1) is 0 Å². The summed E-state index contributed by atoms with van der Waals surface area (Å²) in [5.74, 6) is -0.835. The van der Waals surface area contributed by atoms with Gasteiger partial charge in [-0.3, -0.25) is 0 Å². The van der Waals surface area contributed by atoms with E-state index in [0.29, 0.717) is 16.9 Å². The van der Waals surface area contributed by atoms with E-state index in [4.69, 9.17) is 0 Å². The van der Waals surface area contributed by atoms with Gasteiger partial charge in [0.1, 0.15) is 23.3 Å². The Kier molecular flexibility index (Phi) is 5.41. The SMILES string of the molecule is N#Cc1c(F)c(C#N)c(-n2c3ccccc3c3ccccc32)c(-c2ccccc2)c1-n1c2ccccc2c2ccccc21. The van der Waals surface area contributed by atoms with Crippen molar-refractivity contribution in [3.05, 3.63) is 144 Å². The number of nitriles is 2. The molecule has 8 aromatic rings. The van der Waals surface area contributed by atoms with Crippen molar-refractivity contribution in [2.45, 2.75) is 0 Å². The lowest BCUT2D eigenvalue weighted by Crippen LogP contribution is -2.11. The molecule has 6 aromatic carbocycles. The van der Waals surface area contributed by atoms with Crippen molar-refractivity contribution >= 4 is 43.6 Å². The molecular weight excluding hydrogens is 531 g/mol. The van der Waals surface area contributed by atoms with Gasteiger partial charge < -0.3 is 9.13 Å². The quantitative estimate of drug-likeness (QED) is 0.219. The second-order valence-corrected chi connectivity index (χ2v) is 10.5. The van der Waals surface area contributed by atoms with Crippen molar-refractivity contribution in [1.29, 1.82) is 10.5 Å². The van der Waals surface area contributed by atoms with Crippen molar-refractivity contribution in [1.82, 2.24) is 9.13 Å². The zero-order chi connectivity index (χ0) is 29.1. The number of halogens is 1. The molecule has 5 heteroatoms. The highest BCUT2D eigenvalue weighted by atomic mass is 19.1. The first kappa shape index (κ1) is 24.6. The molecule has 2 aromatic heterocycles. The number of fused-ring (bicyclic) bond motifs is 6.